The fourth-order valence-electron chi connectivity index (χ4n) is 2.33. The van der Waals surface area contributed by atoms with E-state index in [9.17, 15) is 4.79 Å². The van der Waals surface area contributed by atoms with Crippen molar-refractivity contribution in [1.29, 1.82) is 0 Å². The number of hydrogen-bond donors (Lipinski definition) is 3. The van der Waals surface area contributed by atoms with Crippen LogP contribution < -0.4 is 20.7 Å². The second-order valence-electron chi connectivity index (χ2n) is 5.63. The maximum atomic E-state index is 12.0. The molecular weight excluding hydrogens is 328 g/mol. The number of benzene rings is 2. The summed E-state index contributed by atoms with van der Waals surface area (Å²) in [5.74, 6) is 1.33. The molecule has 138 valence electrons. The molecule has 0 saturated heterocycles. The van der Waals surface area contributed by atoms with Gasteiger partial charge in [0, 0.05) is 18.8 Å². The van der Waals surface area contributed by atoms with Crippen LogP contribution in [0.3, 0.4) is 0 Å². The summed E-state index contributed by atoms with van der Waals surface area (Å²) in [6, 6.07) is 17.3. The van der Waals surface area contributed by atoms with Crippen molar-refractivity contribution in [3.63, 3.8) is 0 Å². The van der Waals surface area contributed by atoms with Crippen molar-refractivity contribution >= 4 is 17.6 Å². The Morgan fingerprint density at radius 2 is 1.77 bits per heavy atom. The summed E-state index contributed by atoms with van der Waals surface area (Å²) in [4.78, 5) is 16.3. The Labute approximate surface area is 154 Å². The third-order valence-electron chi connectivity index (χ3n) is 3.65. The molecule has 0 unspecified atom stereocenters. The zero-order valence-electron chi connectivity index (χ0n) is 15.3. The number of para-hydroxylation sites is 1. The molecule has 0 saturated carbocycles. The second kappa shape index (κ2) is 10.8. The summed E-state index contributed by atoms with van der Waals surface area (Å²) in [6.45, 7) is 3.50. The van der Waals surface area contributed by atoms with E-state index in [1.165, 1.54) is 5.56 Å². The summed E-state index contributed by atoms with van der Waals surface area (Å²) in [5, 5.41) is 9.21. The maximum absolute atomic E-state index is 12.0. The quantitative estimate of drug-likeness (QED) is 0.503. The zero-order chi connectivity index (χ0) is 18.6. The van der Waals surface area contributed by atoms with Gasteiger partial charge < -0.3 is 20.7 Å². The number of rotatable bonds is 8. The number of aliphatic imine (C=N–C) groups is 1. The molecule has 0 spiro atoms. The van der Waals surface area contributed by atoms with Crippen LogP contribution in [0.25, 0.3) is 0 Å². The molecule has 0 aliphatic heterocycles. The van der Waals surface area contributed by atoms with Crippen LogP contribution in [0.5, 0.6) is 5.75 Å². The highest BCUT2D eigenvalue weighted by atomic mass is 16.5. The smallest absolute Gasteiger partial charge is 0.246 e. The molecule has 0 aliphatic carbocycles. The van der Waals surface area contributed by atoms with E-state index in [2.05, 4.69) is 20.9 Å². The lowest BCUT2D eigenvalue weighted by Crippen LogP contribution is -2.39. The van der Waals surface area contributed by atoms with Crippen LogP contribution in [0.1, 0.15) is 12.5 Å². The van der Waals surface area contributed by atoms with Gasteiger partial charge in [0.2, 0.25) is 5.91 Å². The molecule has 6 nitrogen and oxygen atoms in total. The summed E-state index contributed by atoms with van der Waals surface area (Å²) in [5.41, 5.74) is 1.97. The number of methoxy groups -OCH3 is 1. The molecule has 1 amide bonds. The first-order valence-corrected chi connectivity index (χ1v) is 8.71. The van der Waals surface area contributed by atoms with Gasteiger partial charge in [0.1, 0.15) is 12.3 Å². The van der Waals surface area contributed by atoms with Crippen molar-refractivity contribution in [2.24, 2.45) is 4.99 Å². The molecule has 26 heavy (non-hydrogen) atoms. The lowest BCUT2D eigenvalue weighted by molar-refractivity contribution is -0.114. The summed E-state index contributed by atoms with van der Waals surface area (Å²) < 4.78 is 5.16. The number of hydrogen-bond acceptors (Lipinski definition) is 3. The van der Waals surface area contributed by atoms with Crippen LogP contribution >= 0.6 is 0 Å². The molecule has 0 radical (unpaired) electrons. The van der Waals surface area contributed by atoms with Crippen molar-refractivity contribution in [3.05, 3.63) is 60.2 Å². The molecule has 0 aliphatic rings. The predicted octanol–water partition coefficient (Wildman–Crippen LogP) is 2.43. The third-order valence-corrected chi connectivity index (χ3v) is 3.65. The highest BCUT2D eigenvalue weighted by Crippen LogP contribution is 2.11. The molecule has 0 fully saturated rings. The lowest BCUT2D eigenvalue weighted by Gasteiger charge is -2.11. The van der Waals surface area contributed by atoms with E-state index in [1.54, 1.807) is 7.11 Å². The Balaban J connectivity index is 1.80. The van der Waals surface area contributed by atoms with Crippen LogP contribution in [0.15, 0.2) is 59.6 Å². The van der Waals surface area contributed by atoms with Gasteiger partial charge in [-0.1, -0.05) is 30.3 Å². The first-order chi connectivity index (χ1) is 12.7. The monoisotopic (exact) mass is 354 g/mol. The first-order valence-electron chi connectivity index (χ1n) is 8.71. The number of amides is 1. The van der Waals surface area contributed by atoms with Crippen molar-refractivity contribution in [2.75, 3.05) is 32.1 Å². The number of nitrogens with one attached hydrogen (secondary N) is 3. The maximum Gasteiger partial charge on any atom is 0.246 e. The Bertz CT molecular complexity index is 700. The Morgan fingerprint density at radius 3 is 2.42 bits per heavy atom. The standard InChI is InChI=1S/C20H26N4O2/c1-3-21-20(22-14-13-16-9-11-18(26-2)12-10-16)23-15-19(25)24-17-7-5-4-6-8-17/h4-12H,3,13-15H2,1-2H3,(H,24,25)(H2,21,22,23). The molecule has 0 bridgehead atoms. The van der Waals surface area contributed by atoms with Gasteiger partial charge in [-0.3, -0.25) is 4.79 Å². The Kier molecular flexibility index (Phi) is 7.99. The molecule has 2 aromatic rings. The minimum atomic E-state index is -0.149. The highest BCUT2D eigenvalue weighted by Gasteiger charge is 2.03. The average Bonchev–Trinajstić information content (AvgIpc) is 2.67. The fourth-order valence-corrected chi connectivity index (χ4v) is 2.33. The SMILES string of the molecule is CCNC(=NCC(=O)Nc1ccccc1)NCCc1ccc(OC)cc1. The van der Waals surface area contributed by atoms with Gasteiger partial charge in [0.05, 0.1) is 7.11 Å². The summed E-state index contributed by atoms with van der Waals surface area (Å²) >= 11 is 0. The van der Waals surface area contributed by atoms with Gasteiger partial charge in [-0.2, -0.15) is 0 Å². The summed E-state index contributed by atoms with van der Waals surface area (Å²) in [7, 11) is 1.66. The minimum absolute atomic E-state index is 0.0623. The summed E-state index contributed by atoms with van der Waals surface area (Å²) in [6.07, 6.45) is 0.852. The molecule has 2 rings (SSSR count). The van der Waals surface area contributed by atoms with Crippen LogP contribution in [0.4, 0.5) is 5.69 Å². The van der Waals surface area contributed by atoms with Crippen molar-refractivity contribution in [2.45, 2.75) is 13.3 Å². The van der Waals surface area contributed by atoms with Gasteiger partial charge in [-0.25, -0.2) is 4.99 Å². The molecular formula is C20H26N4O2. The highest BCUT2D eigenvalue weighted by molar-refractivity contribution is 5.94. The van der Waals surface area contributed by atoms with Gasteiger partial charge in [-0.15, -0.1) is 0 Å². The number of guanidine groups is 1. The van der Waals surface area contributed by atoms with E-state index in [0.29, 0.717) is 5.96 Å². The van der Waals surface area contributed by atoms with E-state index in [-0.39, 0.29) is 12.5 Å². The van der Waals surface area contributed by atoms with Crippen LogP contribution in [-0.4, -0.2) is 38.6 Å². The molecule has 6 heteroatoms. The van der Waals surface area contributed by atoms with Gasteiger partial charge >= 0.3 is 0 Å². The number of carbonyl (C=O) groups excluding carboxylic acids is 1. The third kappa shape index (κ3) is 6.84. The van der Waals surface area contributed by atoms with Gasteiger partial charge in [0.15, 0.2) is 5.96 Å². The first kappa shape index (κ1) is 19.3. The Hall–Kier alpha value is -3.02. The largest absolute Gasteiger partial charge is 0.497 e. The fraction of sp³-hybridized carbons (Fsp3) is 0.300. The molecule has 0 aromatic heterocycles. The van der Waals surface area contributed by atoms with E-state index >= 15 is 0 Å². The molecule has 0 heterocycles. The molecule has 3 N–H and O–H groups in total. The van der Waals surface area contributed by atoms with E-state index in [1.807, 2.05) is 61.5 Å². The molecule has 2 aromatic carbocycles. The van der Waals surface area contributed by atoms with Gasteiger partial charge in [-0.05, 0) is 43.2 Å². The van der Waals surface area contributed by atoms with Crippen LogP contribution in [0, 0.1) is 0 Å². The second-order valence-corrected chi connectivity index (χ2v) is 5.63. The van der Waals surface area contributed by atoms with Gasteiger partial charge in [0.25, 0.3) is 0 Å². The average molecular weight is 354 g/mol. The lowest BCUT2D eigenvalue weighted by atomic mass is 10.1. The topological polar surface area (TPSA) is 74.8 Å². The number of anilines is 1. The van der Waals surface area contributed by atoms with Crippen molar-refractivity contribution in [3.8, 4) is 5.75 Å². The number of carbonyl (C=O) groups is 1. The van der Waals surface area contributed by atoms with E-state index < -0.39 is 0 Å². The van der Waals surface area contributed by atoms with Crippen LogP contribution in [0.2, 0.25) is 0 Å². The normalized spacial score (nSPS) is 10.9. The van der Waals surface area contributed by atoms with E-state index in [4.69, 9.17) is 4.74 Å². The number of nitrogens with zero attached hydrogens (tertiary/aromatic N) is 1. The van der Waals surface area contributed by atoms with Crippen LogP contribution in [-0.2, 0) is 11.2 Å². The number of ether oxygens (including phenoxy) is 1. The minimum Gasteiger partial charge on any atom is -0.497 e. The Morgan fingerprint density at radius 1 is 1.04 bits per heavy atom. The van der Waals surface area contributed by atoms with Crippen molar-refractivity contribution < 1.29 is 9.53 Å². The van der Waals surface area contributed by atoms with Crippen molar-refractivity contribution in [1.82, 2.24) is 10.6 Å². The predicted molar refractivity (Wildman–Crippen MR) is 106 cm³/mol. The zero-order valence-corrected chi connectivity index (χ0v) is 15.3. The van der Waals surface area contributed by atoms with E-state index in [0.717, 1.165) is 30.9 Å². The molecule has 0 atom stereocenters.